The molecule has 0 amide bonds. The summed E-state index contributed by atoms with van der Waals surface area (Å²) in [6.45, 7) is 17.0. The van der Waals surface area contributed by atoms with Crippen molar-refractivity contribution in [2.24, 2.45) is 16.7 Å². The number of hydrogen-bond donors (Lipinski definition) is 1. The first-order chi connectivity index (χ1) is 27.7. The van der Waals surface area contributed by atoms with E-state index in [0.29, 0.717) is 81.6 Å². The van der Waals surface area contributed by atoms with Gasteiger partial charge in [0, 0.05) is 41.8 Å². The Morgan fingerprint density at radius 3 is 2.47 bits per heavy atom. The van der Waals surface area contributed by atoms with Crippen LogP contribution in [-0.4, -0.2) is 85.1 Å². The molecule has 3 saturated heterocycles. The molecule has 6 fully saturated rings. The molecule has 2 aromatic heterocycles. The van der Waals surface area contributed by atoms with Crippen LogP contribution in [0.25, 0.3) is 32.9 Å². The van der Waals surface area contributed by atoms with Crippen molar-refractivity contribution < 1.29 is 22.6 Å². The number of nitrogens with two attached hydrogens (primary N) is 1. The first-order valence-corrected chi connectivity index (χ1v) is 23.7. The number of benzene rings is 2. The Kier molecular flexibility index (Phi) is 8.77. The summed E-state index contributed by atoms with van der Waals surface area (Å²) in [4.78, 5) is 19.0. The molecular weight excluding hydrogens is 754 g/mol. The summed E-state index contributed by atoms with van der Waals surface area (Å²) in [6, 6.07) is 6.10. The third kappa shape index (κ3) is 5.65. The Morgan fingerprint density at radius 2 is 1.76 bits per heavy atom. The van der Waals surface area contributed by atoms with Gasteiger partial charge in [-0.3, -0.25) is 9.88 Å². The highest BCUT2D eigenvalue weighted by molar-refractivity contribution is 6.90. The lowest BCUT2D eigenvalue weighted by molar-refractivity contribution is 0.0640. The fraction of sp³-hybridized carbons (Fsp3) is 0.587. The van der Waals surface area contributed by atoms with Crippen molar-refractivity contribution in [3.63, 3.8) is 0 Å². The Hall–Kier alpha value is -3.92. The number of aromatic nitrogens is 3. The molecule has 0 bridgehead atoms. The average Bonchev–Trinajstić information content (AvgIpc) is 4.12. The topological polar surface area (TPSA) is 89.6 Å². The van der Waals surface area contributed by atoms with Crippen LogP contribution in [0.15, 0.2) is 30.5 Å². The Bertz CT molecular complexity index is 2380. The zero-order valence-electron chi connectivity index (χ0n) is 34.6. The first-order valence-electron chi connectivity index (χ1n) is 21.5. The molecule has 58 heavy (non-hydrogen) atoms. The summed E-state index contributed by atoms with van der Waals surface area (Å²) in [5.41, 5.74) is 12.6. The number of ether oxygens (including phenoxy) is 2. The summed E-state index contributed by atoms with van der Waals surface area (Å²) >= 11 is 0. The molecule has 0 radical (unpaired) electrons. The van der Waals surface area contributed by atoms with Gasteiger partial charge in [-0.05, 0) is 96.1 Å². The zero-order chi connectivity index (χ0) is 40.5. The molecule has 2 N–H and O–H groups in total. The van der Waals surface area contributed by atoms with Crippen molar-refractivity contribution in [3.8, 4) is 28.7 Å². The Morgan fingerprint density at radius 1 is 1.00 bits per heavy atom. The number of nitrogens with zero attached hydrogens (tertiary/aromatic N) is 5. The van der Waals surface area contributed by atoms with Crippen LogP contribution in [-0.2, 0) is 4.74 Å². The molecule has 3 saturated carbocycles. The van der Waals surface area contributed by atoms with E-state index in [-0.39, 0.29) is 39.7 Å². The molecule has 4 atom stereocenters. The van der Waals surface area contributed by atoms with Crippen molar-refractivity contribution in [1.82, 2.24) is 19.9 Å². The maximum absolute atomic E-state index is 17.6. The zero-order valence-corrected chi connectivity index (χ0v) is 35.6. The van der Waals surface area contributed by atoms with Crippen molar-refractivity contribution in [1.29, 1.82) is 0 Å². The van der Waals surface area contributed by atoms with Crippen LogP contribution < -0.4 is 15.4 Å². The third-order valence-corrected chi connectivity index (χ3v) is 21.9. The average molecular weight is 809 g/mol. The summed E-state index contributed by atoms with van der Waals surface area (Å²) < 4.78 is 61.6. The van der Waals surface area contributed by atoms with Crippen LogP contribution in [0.4, 0.5) is 24.7 Å². The fourth-order valence-electron chi connectivity index (χ4n) is 12.2. The predicted molar refractivity (Wildman–Crippen MR) is 225 cm³/mol. The van der Waals surface area contributed by atoms with E-state index in [1.165, 1.54) is 38.2 Å². The highest BCUT2D eigenvalue weighted by Crippen LogP contribution is 2.72. The number of alkyl halides is 1. The standard InChI is InChI=1S/C46H55F3N6O2Si/c1-26(2)58(27(3)4,28(5)6)18-9-31-35(47)8-7-29-19-30(50)20-32(36(29)31)39-38(49)40-33(21-51-39)42(55-16-17-56-22-34-37(48)41(34)55)53-43(52-40)57-25-46-23-44(10-11-44)24-54(46)15-14-45(46)12-13-45/h7-8,19-21,26-28,34,37,41H,10-17,22-25,50H2,1-6H3/t34-,37-,41-,46-/m0/s1. The SMILES string of the molecule is CC(C)[Si](C#Cc1c(F)ccc2cc(N)cc(-c3ncc4c(N5CCOC[C@H]6[C@H](F)[C@H]65)nc(OC[C@]56CC7(CC7)CN5CCC65CC5)nc4c3F)c12)(C(C)C)C(C)C. The maximum Gasteiger partial charge on any atom is 0.319 e. The Labute approximate surface area is 340 Å². The Balaban J connectivity index is 1.13. The lowest BCUT2D eigenvalue weighted by atomic mass is 9.78. The van der Waals surface area contributed by atoms with Crippen LogP contribution in [0.3, 0.4) is 0 Å². The van der Waals surface area contributed by atoms with Gasteiger partial charge in [-0.25, -0.2) is 13.2 Å². The smallest absolute Gasteiger partial charge is 0.319 e. The second kappa shape index (κ2) is 13.3. The van der Waals surface area contributed by atoms with Gasteiger partial charge in [0.15, 0.2) is 5.82 Å². The molecule has 3 aliphatic heterocycles. The van der Waals surface area contributed by atoms with Gasteiger partial charge < -0.3 is 20.1 Å². The van der Waals surface area contributed by atoms with Crippen LogP contribution in [0, 0.1) is 39.8 Å². The molecular formula is C46H55F3N6O2Si. The van der Waals surface area contributed by atoms with Crippen molar-refractivity contribution in [2.75, 3.05) is 50.1 Å². The molecule has 306 valence electrons. The molecule has 8 nitrogen and oxygen atoms in total. The molecule has 10 rings (SSSR count). The molecule has 3 aliphatic carbocycles. The number of pyridine rings is 1. The monoisotopic (exact) mass is 808 g/mol. The van der Waals surface area contributed by atoms with Gasteiger partial charge in [0.1, 0.15) is 43.7 Å². The molecule has 6 aliphatic rings. The van der Waals surface area contributed by atoms with Crippen LogP contribution >= 0.6 is 0 Å². The van der Waals surface area contributed by atoms with Crippen LogP contribution in [0.5, 0.6) is 6.01 Å². The minimum absolute atomic E-state index is 0.0141. The lowest BCUT2D eigenvalue weighted by Gasteiger charge is -2.38. The van der Waals surface area contributed by atoms with E-state index in [2.05, 4.69) is 57.9 Å². The van der Waals surface area contributed by atoms with Gasteiger partial charge in [-0.1, -0.05) is 53.5 Å². The number of fused-ring (bicyclic) bond motifs is 5. The van der Waals surface area contributed by atoms with E-state index < -0.39 is 31.9 Å². The summed E-state index contributed by atoms with van der Waals surface area (Å²) in [5.74, 6) is 2.24. The fourth-order valence-corrected chi connectivity index (χ4v) is 17.4. The van der Waals surface area contributed by atoms with E-state index in [4.69, 9.17) is 30.2 Å². The second-order valence-electron chi connectivity index (χ2n) is 19.6. The number of rotatable bonds is 8. The molecule has 4 aromatic rings. The summed E-state index contributed by atoms with van der Waals surface area (Å²) in [5, 5.41) is 1.44. The summed E-state index contributed by atoms with van der Waals surface area (Å²) in [7, 11) is -2.27. The van der Waals surface area contributed by atoms with Gasteiger partial charge in [0.05, 0.1) is 35.7 Å². The van der Waals surface area contributed by atoms with E-state index in [9.17, 15) is 0 Å². The van der Waals surface area contributed by atoms with Gasteiger partial charge in [0.2, 0.25) is 0 Å². The van der Waals surface area contributed by atoms with Crippen molar-refractivity contribution in [3.05, 3.63) is 47.7 Å². The van der Waals surface area contributed by atoms with E-state index in [1.807, 2.05) is 4.90 Å². The van der Waals surface area contributed by atoms with Crippen molar-refractivity contribution in [2.45, 2.75) is 114 Å². The van der Waals surface area contributed by atoms with E-state index in [1.54, 1.807) is 24.4 Å². The van der Waals surface area contributed by atoms with Crippen LogP contribution in [0.1, 0.15) is 85.6 Å². The minimum Gasteiger partial charge on any atom is -0.461 e. The van der Waals surface area contributed by atoms with Gasteiger partial charge >= 0.3 is 6.01 Å². The minimum atomic E-state index is -2.27. The van der Waals surface area contributed by atoms with Gasteiger partial charge in [0.25, 0.3) is 0 Å². The number of nitrogen functional groups attached to an aromatic ring is 1. The highest BCUT2D eigenvalue weighted by Gasteiger charge is 2.72. The molecule has 12 heteroatoms. The van der Waals surface area contributed by atoms with Gasteiger partial charge in [-0.2, -0.15) is 9.97 Å². The maximum atomic E-state index is 17.6. The summed E-state index contributed by atoms with van der Waals surface area (Å²) in [6.07, 6.45) is 7.66. The van der Waals surface area contributed by atoms with E-state index in [0.717, 1.165) is 19.5 Å². The van der Waals surface area contributed by atoms with E-state index >= 15 is 13.2 Å². The second-order valence-corrected chi connectivity index (χ2v) is 25.1. The number of halogens is 3. The highest BCUT2D eigenvalue weighted by atomic mass is 28.3. The lowest BCUT2D eigenvalue weighted by Crippen LogP contribution is -2.49. The molecule has 2 spiro atoms. The van der Waals surface area contributed by atoms with Crippen molar-refractivity contribution >= 4 is 41.3 Å². The van der Waals surface area contributed by atoms with Crippen LogP contribution in [0.2, 0.25) is 16.6 Å². The first kappa shape index (κ1) is 38.3. The number of anilines is 2. The molecule has 0 unspecified atom stereocenters. The largest absolute Gasteiger partial charge is 0.461 e. The normalized spacial score (nSPS) is 26.8. The quantitative estimate of drug-likeness (QED) is 0.107. The third-order valence-electron chi connectivity index (χ3n) is 15.6. The number of hydrogen-bond acceptors (Lipinski definition) is 8. The molecule has 2 aromatic carbocycles. The predicted octanol–water partition coefficient (Wildman–Crippen LogP) is 9.24. The van der Waals surface area contributed by atoms with Gasteiger partial charge in [-0.15, -0.1) is 5.54 Å². The molecule has 5 heterocycles.